The predicted molar refractivity (Wildman–Crippen MR) is 134 cm³/mol. The highest BCUT2D eigenvalue weighted by Gasteiger charge is 2.40. The van der Waals surface area contributed by atoms with Crippen LogP contribution in [0.1, 0.15) is 24.8 Å². The summed E-state index contributed by atoms with van der Waals surface area (Å²) in [7, 11) is 3.43. The normalized spacial score (nSPS) is 20.2. The lowest BCUT2D eigenvalue weighted by molar-refractivity contribution is -0.136. The lowest BCUT2D eigenvalue weighted by atomic mass is 9.74. The maximum absolute atomic E-state index is 13.6. The van der Waals surface area contributed by atoms with Crippen molar-refractivity contribution in [2.24, 2.45) is 11.3 Å². The molecule has 4 rings (SSSR count). The fraction of sp³-hybridized carbons (Fsp3) is 0.536. The van der Waals surface area contributed by atoms with Crippen LogP contribution in [0.15, 0.2) is 48.5 Å². The highest BCUT2D eigenvalue weighted by Crippen LogP contribution is 2.36. The summed E-state index contributed by atoms with van der Waals surface area (Å²) in [6.45, 7) is 5.86. The first-order valence-electron chi connectivity index (χ1n) is 12.4. The van der Waals surface area contributed by atoms with E-state index in [1.807, 2.05) is 18.2 Å². The molecule has 0 aliphatic carbocycles. The number of amides is 1. The highest BCUT2D eigenvalue weighted by atomic mass is 16.5. The van der Waals surface area contributed by atoms with E-state index in [2.05, 4.69) is 40.5 Å². The van der Waals surface area contributed by atoms with Crippen LogP contribution in [0, 0.1) is 11.3 Å². The van der Waals surface area contributed by atoms with Crippen molar-refractivity contribution in [2.75, 3.05) is 60.2 Å². The maximum Gasteiger partial charge on any atom is 0.226 e. The molecule has 0 radical (unpaired) electrons. The summed E-state index contributed by atoms with van der Waals surface area (Å²) in [4.78, 5) is 16.0. The van der Waals surface area contributed by atoms with Crippen molar-refractivity contribution in [3.8, 4) is 16.9 Å². The monoisotopic (exact) mass is 466 g/mol. The first-order valence-corrected chi connectivity index (χ1v) is 12.4. The molecule has 1 atom stereocenters. The Morgan fingerprint density at radius 3 is 2.65 bits per heavy atom. The second-order valence-electron chi connectivity index (χ2n) is 9.66. The van der Waals surface area contributed by atoms with Gasteiger partial charge in [0.05, 0.1) is 19.1 Å². The fourth-order valence-corrected chi connectivity index (χ4v) is 5.23. The van der Waals surface area contributed by atoms with E-state index in [0.717, 1.165) is 75.3 Å². The SMILES string of the molecule is COCCN1CCC(CNC(=O)C2(Cc3cccc(-c4cccc(OC)c4)c3)CCOCC2)C1. The van der Waals surface area contributed by atoms with Crippen LogP contribution >= 0.6 is 0 Å². The van der Waals surface area contributed by atoms with E-state index in [9.17, 15) is 4.79 Å². The number of nitrogens with one attached hydrogen (secondary N) is 1. The summed E-state index contributed by atoms with van der Waals surface area (Å²) in [5.41, 5.74) is 3.02. The zero-order valence-electron chi connectivity index (χ0n) is 20.6. The first-order chi connectivity index (χ1) is 16.6. The van der Waals surface area contributed by atoms with Gasteiger partial charge in [-0.05, 0) is 67.0 Å². The van der Waals surface area contributed by atoms with Gasteiger partial charge in [-0.15, -0.1) is 0 Å². The topological polar surface area (TPSA) is 60.0 Å². The lowest BCUT2D eigenvalue weighted by Crippen LogP contribution is -2.47. The average Bonchev–Trinajstić information content (AvgIpc) is 3.34. The van der Waals surface area contributed by atoms with E-state index in [0.29, 0.717) is 19.1 Å². The van der Waals surface area contributed by atoms with Crippen LogP contribution in [0.5, 0.6) is 5.75 Å². The van der Waals surface area contributed by atoms with E-state index >= 15 is 0 Å². The molecule has 2 aliphatic rings. The number of hydrogen-bond donors (Lipinski definition) is 1. The minimum atomic E-state index is -0.417. The van der Waals surface area contributed by atoms with Crippen LogP contribution in [0.25, 0.3) is 11.1 Å². The number of rotatable bonds is 10. The molecule has 0 aromatic heterocycles. The molecule has 2 fully saturated rings. The quantitative estimate of drug-likeness (QED) is 0.577. The van der Waals surface area contributed by atoms with Crippen LogP contribution in [-0.2, 0) is 20.7 Å². The Morgan fingerprint density at radius 1 is 1.12 bits per heavy atom. The summed E-state index contributed by atoms with van der Waals surface area (Å²) in [5.74, 6) is 1.53. The van der Waals surface area contributed by atoms with Gasteiger partial charge in [-0.2, -0.15) is 0 Å². The molecular weight excluding hydrogens is 428 g/mol. The second-order valence-corrected chi connectivity index (χ2v) is 9.66. The van der Waals surface area contributed by atoms with Crippen LogP contribution in [-0.4, -0.2) is 71.0 Å². The molecule has 6 heteroatoms. The van der Waals surface area contributed by atoms with Gasteiger partial charge < -0.3 is 24.4 Å². The predicted octanol–water partition coefficient (Wildman–Crippen LogP) is 3.79. The smallest absolute Gasteiger partial charge is 0.226 e. The Balaban J connectivity index is 1.43. The average molecular weight is 467 g/mol. The standard InChI is InChI=1S/C28H38N2O4/c1-32-16-13-30-12-9-23(21-30)20-29-27(31)28(10-14-34-15-11-28)19-22-5-3-6-24(17-22)25-7-4-8-26(18-25)33-2/h3-8,17-18,23H,9-16,19-21H2,1-2H3,(H,29,31). The molecule has 2 aromatic carbocycles. The molecule has 1 N–H and O–H groups in total. The van der Waals surface area contributed by atoms with Crippen molar-refractivity contribution in [1.29, 1.82) is 0 Å². The molecule has 6 nitrogen and oxygen atoms in total. The van der Waals surface area contributed by atoms with Gasteiger partial charge >= 0.3 is 0 Å². The fourth-order valence-electron chi connectivity index (χ4n) is 5.23. The van der Waals surface area contributed by atoms with Crippen LogP contribution < -0.4 is 10.1 Å². The number of hydrogen-bond acceptors (Lipinski definition) is 5. The highest BCUT2D eigenvalue weighted by molar-refractivity contribution is 5.83. The zero-order chi connectivity index (χ0) is 23.8. The number of methoxy groups -OCH3 is 2. The van der Waals surface area contributed by atoms with E-state index in [1.54, 1.807) is 14.2 Å². The van der Waals surface area contributed by atoms with Crippen molar-refractivity contribution >= 4 is 5.91 Å². The molecule has 2 heterocycles. The van der Waals surface area contributed by atoms with E-state index in [-0.39, 0.29) is 5.91 Å². The van der Waals surface area contributed by atoms with Crippen LogP contribution in [0.2, 0.25) is 0 Å². The minimum absolute atomic E-state index is 0.179. The van der Waals surface area contributed by atoms with Gasteiger partial charge in [0.2, 0.25) is 5.91 Å². The third kappa shape index (κ3) is 6.17. The number of carbonyl (C=O) groups excluding carboxylic acids is 1. The van der Waals surface area contributed by atoms with Crippen LogP contribution in [0.4, 0.5) is 0 Å². The van der Waals surface area contributed by atoms with Crippen molar-refractivity contribution in [3.63, 3.8) is 0 Å². The van der Waals surface area contributed by atoms with E-state index < -0.39 is 5.41 Å². The molecule has 2 saturated heterocycles. The Labute approximate surface area is 203 Å². The third-order valence-corrected chi connectivity index (χ3v) is 7.34. The molecule has 1 amide bonds. The first kappa shape index (κ1) is 24.7. The van der Waals surface area contributed by atoms with Gasteiger partial charge in [0.25, 0.3) is 0 Å². The molecule has 0 bridgehead atoms. The van der Waals surface area contributed by atoms with Gasteiger partial charge in [-0.3, -0.25) is 4.79 Å². The third-order valence-electron chi connectivity index (χ3n) is 7.34. The van der Waals surface area contributed by atoms with Crippen molar-refractivity contribution < 1.29 is 19.0 Å². The molecule has 2 aliphatic heterocycles. The Kier molecular flexibility index (Phi) is 8.59. The summed E-state index contributed by atoms with van der Waals surface area (Å²) in [6.07, 6.45) is 3.37. The zero-order valence-corrected chi connectivity index (χ0v) is 20.6. The largest absolute Gasteiger partial charge is 0.497 e. The number of nitrogens with zero attached hydrogens (tertiary/aromatic N) is 1. The van der Waals surface area contributed by atoms with E-state index in [1.165, 1.54) is 5.56 Å². The van der Waals surface area contributed by atoms with Crippen molar-refractivity contribution in [2.45, 2.75) is 25.7 Å². The van der Waals surface area contributed by atoms with Crippen molar-refractivity contribution in [1.82, 2.24) is 10.2 Å². The molecule has 0 spiro atoms. The molecule has 184 valence electrons. The molecule has 2 aromatic rings. The summed E-state index contributed by atoms with van der Waals surface area (Å²) in [6, 6.07) is 16.7. The molecular formula is C28H38N2O4. The Hall–Kier alpha value is -2.41. The maximum atomic E-state index is 13.6. The van der Waals surface area contributed by atoms with Crippen LogP contribution in [0.3, 0.4) is 0 Å². The van der Waals surface area contributed by atoms with Gasteiger partial charge in [-0.1, -0.05) is 36.4 Å². The van der Waals surface area contributed by atoms with Crippen molar-refractivity contribution in [3.05, 3.63) is 54.1 Å². The molecule has 1 unspecified atom stereocenters. The van der Waals surface area contributed by atoms with Gasteiger partial charge in [-0.25, -0.2) is 0 Å². The Bertz CT molecular complexity index is 942. The number of likely N-dealkylation sites (tertiary alicyclic amines) is 1. The van der Waals surface area contributed by atoms with Gasteiger partial charge in [0.15, 0.2) is 0 Å². The Morgan fingerprint density at radius 2 is 1.88 bits per heavy atom. The van der Waals surface area contributed by atoms with E-state index in [4.69, 9.17) is 14.2 Å². The summed E-state index contributed by atoms with van der Waals surface area (Å²) < 4.78 is 16.2. The lowest BCUT2D eigenvalue weighted by Gasteiger charge is -2.36. The number of benzene rings is 2. The van der Waals surface area contributed by atoms with Gasteiger partial charge in [0, 0.05) is 40.0 Å². The minimum Gasteiger partial charge on any atom is -0.497 e. The molecule has 34 heavy (non-hydrogen) atoms. The second kappa shape index (κ2) is 11.8. The van der Waals surface area contributed by atoms with Gasteiger partial charge in [0.1, 0.15) is 5.75 Å². The summed E-state index contributed by atoms with van der Waals surface area (Å²) >= 11 is 0. The number of ether oxygens (including phenoxy) is 3. The molecule has 0 saturated carbocycles. The summed E-state index contributed by atoms with van der Waals surface area (Å²) in [5, 5.41) is 3.32. The number of carbonyl (C=O) groups is 1.